The standard InChI is InChI=1S/C15H27NOS/c1-2-16-14(13-5-3-10-18-13)12-6-9-17-15(11-12)7-4-8-15/h12-14,16H,2-11H2,1H3. The van der Waals surface area contributed by atoms with E-state index in [1.165, 1.54) is 50.7 Å². The molecule has 0 aromatic heterocycles. The van der Waals surface area contributed by atoms with Crippen LogP contribution in [-0.4, -0.2) is 35.8 Å². The lowest BCUT2D eigenvalue weighted by molar-refractivity contribution is -0.147. The van der Waals surface area contributed by atoms with Crippen molar-refractivity contribution in [2.24, 2.45) is 5.92 Å². The minimum atomic E-state index is 0.305. The van der Waals surface area contributed by atoms with Crippen molar-refractivity contribution >= 4 is 11.8 Å². The lowest BCUT2D eigenvalue weighted by Crippen LogP contribution is -2.52. The molecule has 3 rings (SSSR count). The molecule has 18 heavy (non-hydrogen) atoms. The topological polar surface area (TPSA) is 21.3 Å². The highest BCUT2D eigenvalue weighted by Crippen LogP contribution is 2.46. The van der Waals surface area contributed by atoms with Crippen LogP contribution >= 0.6 is 11.8 Å². The van der Waals surface area contributed by atoms with Gasteiger partial charge in [0.15, 0.2) is 0 Å². The first kappa shape index (κ1) is 13.3. The molecule has 104 valence electrons. The summed E-state index contributed by atoms with van der Waals surface area (Å²) in [5.41, 5.74) is 0.305. The van der Waals surface area contributed by atoms with Crippen molar-refractivity contribution in [3.63, 3.8) is 0 Å². The van der Waals surface area contributed by atoms with E-state index in [4.69, 9.17) is 4.74 Å². The summed E-state index contributed by atoms with van der Waals surface area (Å²) in [6, 6.07) is 0.740. The Morgan fingerprint density at radius 1 is 1.33 bits per heavy atom. The van der Waals surface area contributed by atoms with Crippen molar-refractivity contribution in [3.05, 3.63) is 0 Å². The van der Waals surface area contributed by atoms with Crippen molar-refractivity contribution in [1.82, 2.24) is 5.32 Å². The summed E-state index contributed by atoms with van der Waals surface area (Å²) in [6.45, 7) is 4.38. The molecule has 3 unspecified atom stereocenters. The van der Waals surface area contributed by atoms with Crippen molar-refractivity contribution in [1.29, 1.82) is 0 Å². The van der Waals surface area contributed by atoms with Crippen LogP contribution in [0.1, 0.15) is 51.9 Å². The summed E-state index contributed by atoms with van der Waals surface area (Å²) in [5, 5.41) is 4.67. The van der Waals surface area contributed by atoms with E-state index in [0.29, 0.717) is 5.60 Å². The minimum Gasteiger partial charge on any atom is -0.375 e. The quantitative estimate of drug-likeness (QED) is 0.847. The van der Waals surface area contributed by atoms with E-state index in [0.717, 1.165) is 30.4 Å². The number of rotatable bonds is 4. The highest BCUT2D eigenvalue weighted by molar-refractivity contribution is 8.00. The van der Waals surface area contributed by atoms with Crippen molar-refractivity contribution < 1.29 is 4.74 Å². The first-order chi connectivity index (χ1) is 8.83. The molecule has 3 aliphatic rings. The molecule has 0 radical (unpaired) electrons. The molecule has 2 saturated heterocycles. The van der Waals surface area contributed by atoms with Crippen LogP contribution in [0.4, 0.5) is 0 Å². The average molecular weight is 269 g/mol. The van der Waals surface area contributed by atoms with E-state index in [1.807, 2.05) is 0 Å². The van der Waals surface area contributed by atoms with Crippen LogP contribution in [0.25, 0.3) is 0 Å². The van der Waals surface area contributed by atoms with Gasteiger partial charge >= 0.3 is 0 Å². The summed E-state index contributed by atoms with van der Waals surface area (Å²) in [7, 11) is 0. The molecule has 2 heterocycles. The third kappa shape index (κ3) is 2.59. The predicted octanol–water partition coefficient (Wildman–Crippen LogP) is 3.21. The summed E-state index contributed by atoms with van der Waals surface area (Å²) in [4.78, 5) is 0. The van der Waals surface area contributed by atoms with Crippen LogP contribution < -0.4 is 5.32 Å². The Kier molecular flexibility index (Phi) is 4.21. The van der Waals surface area contributed by atoms with E-state index >= 15 is 0 Å². The second kappa shape index (κ2) is 5.72. The van der Waals surface area contributed by atoms with E-state index in [2.05, 4.69) is 24.0 Å². The predicted molar refractivity (Wildman–Crippen MR) is 78.2 cm³/mol. The van der Waals surface area contributed by atoms with Gasteiger partial charge in [-0.2, -0.15) is 11.8 Å². The zero-order chi connectivity index (χ0) is 12.4. The lowest BCUT2D eigenvalue weighted by atomic mass is 9.70. The highest BCUT2D eigenvalue weighted by Gasteiger charge is 2.45. The maximum absolute atomic E-state index is 6.09. The van der Waals surface area contributed by atoms with Gasteiger partial charge in [0.25, 0.3) is 0 Å². The molecule has 3 heteroatoms. The van der Waals surface area contributed by atoms with Gasteiger partial charge in [-0.1, -0.05) is 6.92 Å². The molecule has 2 aliphatic heterocycles. The van der Waals surface area contributed by atoms with Gasteiger partial charge in [0.2, 0.25) is 0 Å². The number of thioether (sulfide) groups is 1. The molecule has 1 saturated carbocycles. The molecule has 0 aromatic rings. The summed E-state index contributed by atoms with van der Waals surface area (Å²) in [6.07, 6.45) is 9.47. The van der Waals surface area contributed by atoms with E-state index in [1.54, 1.807) is 0 Å². The summed E-state index contributed by atoms with van der Waals surface area (Å²) >= 11 is 2.21. The molecule has 3 fully saturated rings. The largest absolute Gasteiger partial charge is 0.375 e. The number of hydrogen-bond acceptors (Lipinski definition) is 3. The molecule has 1 N–H and O–H groups in total. The van der Waals surface area contributed by atoms with Gasteiger partial charge in [-0.25, -0.2) is 0 Å². The molecule has 3 atom stereocenters. The lowest BCUT2D eigenvalue weighted by Gasteiger charge is -2.49. The van der Waals surface area contributed by atoms with Gasteiger partial charge < -0.3 is 10.1 Å². The van der Waals surface area contributed by atoms with Gasteiger partial charge in [-0.05, 0) is 63.2 Å². The Bertz CT molecular complexity index is 274. The number of nitrogens with one attached hydrogen (secondary N) is 1. The van der Waals surface area contributed by atoms with Crippen molar-refractivity contribution in [2.75, 3.05) is 18.9 Å². The van der Waals surface area contributed by atoms with Crippen molar-refractivity contribution in [3.8, 4) is 0 Å². The monoisotopic (exact) mass is 269 g/mol. The maximum Gasteiger partial charge on any atom is 0.0685 e. The van der Waals surface area contributed by atoms with Crippen LogP contribution in [0, 0.1) is 5.92 Å². The van der Waals surface area contributed by atoms with Crippen LogP contribution in [0.3, 0.4) is 0 Å². The zero-order valence-electron chi connectivity index (χ0n) is 11.6. The second-order valence-corrected chi connectivity index (χ2v) is 7.62. The fourth-order valence-electron chi connectivity index (χ4n) is 4.01. The Labute approximate surface area is 116 Å². The molecule has 2 nitrogen and oxygen atoms in total. The molecule has 1 spiro atoms. The Morgan fingerprint density at radius 2 is 2.22 bits per heavy atom. The molecular weight excluding hydrogens is 242 g/mol. The first-order valence-electron chi connectivity index (χ1n) is 7.82. The van der Waals surface area contributed by atoms with Crippen LogP contribution in [0.2, 0.25) is 0 Å². The van der Waals surface area contributed by atoms with E-state index < -0.39 is 0 Å². The fraction of sp³-hybridized carbons (Fsp3) is 1.00. The van der Waals surface area contributed by atoms with Crippen LogP contribution in [-0.2, 0) is 4.74 Å². The van der Waals surface area contributed by atoms with Gasteiger partial charge in [0, 0.05) is 17.9 Å². The molecule has 0 amide bonds. The maximum atomic E-state index is 6.09. The molecule has 0 bridgehead atoms. The highest BCUT2D eigenvalue weighted by atomic mass is 32.2. The van der Waals surface area contributed by atoms with Gasteiger partial charge in [-0.15, -0.1) is 0 Å². The average Bonchev–Trinajstić information content (AvgIpc) is 2.88. The SMILES string of the molecule is CCNC(C1CCOC2(CCC2)C1)C1CCCS1. The van der Waals surface area contributed by atoms with E-state index in [-0.39, 0.29) is 0 Å². The Hall–Kier alpha value is 0.270. The third-order valence-corrected chi connectivity index (χ3v) is 6.59. The molecule has 0 aromatic carbocycles. The number of hydrogen-bond donors (Lipinski definition) is 1. The summed E-state index contributed by atoms with van der Waals surface area (Å²) < 4.78 is 6.09. The first-order valence-corrected chi connectivity index (χ1v) is 8.87. The number of ether oxygens (including phenoxy) is 1. The van der Waals surface area contributed by atoms with Gasteiger partial charge in [0.1, 0.15) is 0 Å². The fourth-order valence-corrected chi connectivity index (χ4v) is 5.51. The molecule has 1 aliphatic carbocycles. The Balaban J connectivity index is 1.65. The van der Waals surface area contributed by atoms with E-state index in [9.17, 15) is 0 Å². The minimum absolute atomic E-state index is 0.305. The smallest absolute Gasteiger partial charge is 0.0685 e. The van der Waals surface area contributed by atoms with Crippen LogP contribution in [0.5, 0.6) is 0 Å². The second-order valence-electron chi connectivity index (χ2n) is 6.27. The van der Waals surface area contributed by atoms with Gasteiger partial charge in [-0.3, -0.25) is 0 Å². The Morgan fingerprint density at radius 3 is 2.83 bits per heavy atom. The summed E-state index contributed by atoms with van der Waals surface area (Å²) in [5.74, 6) is 2.23. The van der Waals surface area contributed by atoms with Crippen LogP contribution in [0.15, 0.2) is 0 Å². The molecular formula is C15H27NOS. The van der Waals surface area contributed by atoms with Crippen molar-refractivity contribution in [2.45, 2.75) is 68.8 Å². The third-order valence-electron chi connectivity index (χ3n) is 5.11. The van der Waals surface area contributed by atoms with Gasteiger partial charge in [0.05, 0.1) is 5.60 Å². The zero-order valence-corrected chi connectivity index (χ0v) is 12.4. The normalized spacial score (nSPS) is 36.5.